The van der Waals surface area contributed by atoms with Crippen molar-refractivity contribution in [2.45, 2.75) is 19.1 Å². The lowest BCUT2D eigenvalue weighted by atomic mass is 10.1. The fourth-order valence-electron chi connectivity index (χ4n) is 3.58. The molecule has 0 unspecified atom stereocenters. The van der Waals surface area contributed by atoms with Crippen LogP contribution in [0.25, 0.3) is 0 Å². The van der Waals surface area contributed by atoms with Gasteiger partial charge in [0.2, 0.25) is 10.0 Å². The molecule has 1 heterocycles. The highest BCUT2D eigenvalue weighted by Gasteiger charge is 2.17. The molecule has 158 valence electrons. The zero-order valence-corrected chi connectivity index (χ0v) is 18.1. The maximum Gasteiger partial charge on any atom is 0.215 e. The van der Waals surface area contributed by atoms with E-state index in [1.165, 1.54) is 5.69 Å². The van der Waals surface area contributed by atoms with Gasteiger partial charge in [-0.15, -0.1) is 0 Å². The molecule has 0 atom stereocenters. The fraction of sp³-hybridized carbons (Fsp3) is 0.455. The van der Waals surface area contributed by atoms with Crippen molar-refractivity contribution in [1.29, 1.82) is 0 Å². The van der Waals surface area contributed by atoms with Crippen molar-refractivity contribution in [3.05, 3.63) is 59.7 Å². The van der Waals surface area contributed by atoms with Gasteiger partial charge in [0.1, 0.15) is 5.75 Å². The van der Waals surface area contributed by atoms with Crippen molar-refractivity contribution in [2.24, 2.45) is 0 Å². The Morgan fingerprint density at radius 1 is 1.00 bits per heavy atom. The fourth-order valence-corrected chi connectivity index (χ4v) is 4.87. The molecule has 1 fully saturated rings. The van der Waals surface area contributed by atoms with Crippen LogP contribution in [-0.2, 0) is 15.8 Å². The predicted molar refractivity (Wildman–Crippen MR) is 118 cm³/mol. The molecule has 2 aromatic rings. The first-order valence-corrected chi connectivity index (χ1v) is 11.8. The van der Waals surface area contributed by atoms with Gasteiger partial charge in [0.25, 0.3) is 0 Å². The maximum absolute atomic E-state index is 12.3. The van der Waals surface area contributed by atoms with E-state index in [9.17, 15) is 8.42 Å². The second-order valence-electron chi connectivity index (χ2n) is 7.46. The summed E-state index contributed by atoms with van der Waals surface area (Å²) in [5.74, 6) is 0.914. The standard InChI is InChI=1S/C22H31N3O3S/c1-19-6-3-4-7-20(19)18-29(26,27)23-12-5-13-24-14-16-25(17-15-24)21-8-10-22(28-2)11-9-21/h3-4,6-11,23H,5,12-18H2,1-2H3. The molecule has 0 bridgehead atoms. The molecule has 0 aromatic heterocycles. The zero-order chi connectivity index (χ0) is 20.7. The summed E-state index contributed by atoms with van der Waals surface area (Å²) in [6.45, 7) is 7.26. The molecule has 0 spiro atoms. The monoisotopic (exact) mass is 417 g/mol. The molecular formula is C22H31N3O3S. The number of piperazine rings is 1. The highest BCUT2D eigenvalue weighted by atomic mass is 32.2. The number of sulfonamides is 1. The number of nitrogens with zero attached hydrogens (tertiary/aromatic N) is 2. The van der Waals surface area contributed by atoms with E-state index in [-0.39, 0.29) is 5.75 Å². The summed E-state index contributed by atoms with van der Waals surface area (Å²) in [6.07, 6.45) is 0.815. The average Bonchev–Trinajstić information content (AvgIpc) is 2.73. The van der Waals surface area contributed by atoms with E-state index in [1.807, 2.05) is 43.3 Å². The van der Waals surface area contributed by atoms with Crippen molar-refractivity contribution in [3.8, 4) is 5.75 Å². The first-order valence-electron chi connectivity index (χ1n) is 10.1. The number of hydrogen-bond acceptors (Lipinski definition) is 5. The van der Waals surface area contributed by atoms with Crippen LogP contribution in [0.4, 0.5) is 5.69 Å². The number of anilines is 1. The maximum atomic E-state index is 12.3. The van der Waals surface area contributed by atoms with Crippen molar-refractivity contribution < 1.29 is 13.2 Å². The van der Waals surface area contributed by atoms with Crippen LogP contribution in [0.1, 0.15) is 17.5 Å². The summed E-state index contributed by atoms with van der Waals surface area (Å²) in [5, 5.41) is 0. The Morgan fingerprint density at radius 3 is 2.34 bits per heavy atom. The van der Waals surface area contributed by atoms with Crippen LogP contribution in [0.15, 0.2) is 48.5 Å². The molecule has 3 rings (SSSR count). The first-order chi connectivity index (χ1) is 14.0. The largest absolute Gasteiger partial charge is 0.497 e. The molecule has 29 heavy (non-hydrogen) atoms. The second-order valence-corrected chi connectivity index (χ2v) is 9.27. The topological polar surface area (TPSA) is 61.9 Å². The lowest BCUT2D eigenvalue weighted by Crippen LogP contribution is -2.47. The third kappa shape index (κ3) is 6.45. The molecule has 1 aliphatic rings. The second kappa shape index (κ2) is 10.1. The van der Waals surface area contributed by atoms with Gasteiger partial charge in [-0.25, -0.2) is 13.1 Å². The molecule has 6 nitrogen and oxygen atoms in total. The Hall–Kier alpha value is -2.09. The van der Waals surface area contributed by atoms with Gasteiger partial charge in [-0.1, -0.05) is 24.3 Å². The Bertz CT molecular complexity index is 876. The number of aryl methyl sites for hydroxylation is 1. The van der Waals surface area contributed by atoms with Crippen LogP contribution in [0.5, 0.6) is 5.75 Å². The number of nitrogens with one attached hydrogen (secondary N) is 1. The van der Waals surface area contributed by atoms with Gasteiger partial charge in [-0.2, -0.15) is 0 Å². The van der Waals surface area contributed by atoms with Gasteiger partial charge >= 0.3 is 0 Å². The molecule has 1 N–H and O–H groups in total. The Labute approximate surface area is 174 Å². The minimum Gasteiger partial charge on any atom is -0.497 e. The van der Waals surface area contributed by atoms with Crippen molar-refractivity contribution in [1.82, 2.24) is 9.62 Å². The summed E-state index contributed by atoms with van der Waals surface area (Å²) in [5.41, 5.74) is 3.08. The van der Waals surface area contributed by atoms with E-state index in [1.54, 1.807) is 7.11 Å². The summed E-state index contributed by atoms with van der Waals surface area (Å²) in [6, 6.07) is 15.8. The minimum absolute atomic E-state index is 0.0419. The molecule has 0 radical (unpaired) electrons. The smallest absolute Gasteiger partial charge is 0.215 e. The first kappa shape index (κ1) is 21.6. The predicted octanol–water partition coefficient (Wildman–Crippen LogP) is 2.64. The Balaban J connectivity index is 1.36. The third-order valence-electron chi connectivity index (χ3n) is 5.39. The lowest BCUT2D eigenvalue weighted by Gasteiger charge is -2.36. The van der Waals surface area contributed by atoms with Gasteiger partial charge in [0.05, 0.1) is 12.9 Å². The highest BCUT2D eigenvalue weighted by Crippen LogP contribution is 2.20. The molecular weight excluding hydrogens is 386 g/mol. The highest BCUT2D eigenvalue weighted by molar-refractivity contribution is 7.88. The van der Waals surface area contributed by atoms with Gasteiger partial charge in [-0.3, -0.25) is 4.90 Å². The molecule has 0 saturated carbocycles. The van der Waals surface area contributed by atoms with Crippen LogP contribution in [0.3, 0.4) is 0 Å². The SMILES string of the molecule is COc1ccc(N2CCN(CCCNS(=O)(=O)Cc3ccccc3C)CC2)cc1. The van der Waals surface area contributed by atoms with Crippen molar-refractivity contribution in [2.75, 3.05) is 51.3 Å². The van der Waals surface area contributed by atoms with E-state index in [4.69, 9.17) is 4.74 Å². The Morgan fingerprint density at radius 2 is 1.69 bits per heavy atom. The van der Waals surface area contributed by atoms with Crippen LogP contribution in [-0.4, -0.2) is 59.7 Å². The van der Waals surface area contributed by atoms with Crippen LogP contribution < -0.4 is 14.4 Å². The summed E-state index contributed by atoms with van der Waals surface area (Å²) >= 11 is 0. The van der Waals surface area contributed by atoms with E-state index < -0.39 is 10.0 Å². The van der Waals surface area contributed by atoms with Crippen molar-refractivity contribution in [3.63, 3.8) is 0 Å². The van der Waals surface area contributed by atoms with Gasteiger partial charge in [0.15, 0.2) is 0 Å². The van der Waals surface area contributed by atoms with Gasteiger partial charge in [0, 0.05) is 38.4 Å². The molecule has 0 amide bonds. The van der Waals surface area contributed by atoms with Gasteiger partial charge in [-0.05, 0) is 55.3 Å². The third-order valence-corrected chi connectivity index (χ3v) is 6.72. The minimum atomic E-state index is -3.30. The Kier molecular flexibility index (Phi) is 7.52. The molecule has 0 aliphatic carbocycles. The van der Waals surface area contributed by atoms with Crippen LogP contribution in [0.2, 0.25) is 0 Å². The molecule has 1 saturated heterocycles. The van der Waals surface area contributed by atoms with E-state index in [0.717, 1.165) is 56.0 Å². The quantitative estimate of drug-likeness (QED) is 0.636. The zero-order valence-electron chi connectivity index (χ0n) is 17.3. The lowest BCUT2D eigenvalue weighted by molar-refractivity contribution is 0.255. The number of methoxy groups -OCH3 is 1. The van der Waals surface area contributed by atoms with Crippen LogP contribution >= 0.6 is 0 Å². The summed E-state index contributed by atoms with van der Waals surface area (Å²) in [7, 11) is -1.62. The van der Waals surface area contributed by atoms with E-state index in [2.05, 4.69) is 26.7 Å². The molecule has 2 aromatic carbocycles. The number of hydrogen-bond donors (Lipinski definition) is 1. The number of benzene rings is 2. The van der Waals surface area contributed by atoms with E-state index in [0.29, 0.717) is 6.54 Å². The average molecular weight is 418 g/mol. The normalized spacial score (nSPS) is 15.4. The van der Waals surface area contributed by atoms with Crippen LogP contribution in [0, 0.1) is 6.92 Å². The van der Waals surface area contributed by atoms with Gasteiger partial charge < -0.3 is 9.64 Å². The van der Waals surface area contributed by atoms with E-state index >= 15 is 0 Å². The molecule has 1 aliphatic heterocycles. The van der Waals surface area contributed by atoms with Crippen molar-refractivity contribution >= 4 is 15.7 Å². The molecule has 7 heteroatoms. The number of ether oxygens (including phenoxy) is 1. The summed E-state index contributed by atoms with van der Waals surface area (Å²) < 4.78 is 32.6. The number of rotatable bonds is 9. The summed E-state index contributed by atoms with van der Waals surface area (Å²) in [4.78, 5) is 4.77.